The highest BCUT2D eigenvalue weighted by atomic mass is 32.2. The molecule has 0 aliphatic carbocycles. The van der Waals surface area contributed by atoms with Crippen LogP contribution in [0.4, 0.5) is 4.79 Å². The van der Waals surface area contributed by atoms with Gasteiger partial charge in [-0.15, -0.1) is 0 Å². The van der Waals surface area contributed by atoms with Crippen LogP contribution in [0.15, 0.2) is 53.7 Å². The van der Waals surface area contributed by atoms with Gasteiger partial charge in [0, 0.05) is 25.5 Å². The van der Waals surface area contributed by atoms with E-state index in [4.69, 9.17) is 0 Å². The van der Waals surface area contributed by atoms with Gasteiger partial charge in [-0.1, -0.05) is 18.2 Å². The lowest BCUT2D eigenvalue weighted by molar-refractivity contribution is 0.240. The summed E-state index contributed by atoms with van der Waals surface area (Å²) in [5.41, 5.74) is 1.59. The van der Waals surface area contributed by atoms with E-state index in [1.807, 2.05) is 6.07 Å². The number of benzene rings is 1. The van der Waals surface area contributed by atoms with Crippen molar-refractivity contribution in [2.24, 2.45) is 0 Å². The minimum atomic E-state index is -3.49. The van der Waals surface area contributed by atoms with Gasteiger partial charge >= 0.3 is 6.03 Å². The van der Waals surface area contributed by atoms with Crippen LogP contribution >= 0.6 is 0 Å². The average Bonchev–Trinajstić information content (AvgIpc) is 2.59. The topological polar surface area (TPSA) is 100 Å². The quantitative estimate of drug-likeness (QED) is 0.733. The Morgan fingerprint density at radius 3 is 2.43 bits per heavy atom. The van der Waals surface area contributed by atoms with E-state index in [2.05, 4.69) is 20.3 Å². The summed E-state index contributed by atoms with van der Waals surface area (Å²) in [4.78, 5) is 15.9. The molecule has 122 valence electrons. The second-order valence-electron chi connectivity index (χ2n) is 4.75. The van der Waals surface area contributed by atoms with Crippen molar-refractivity contribution in [1.82, 2.24) is 20.3 Å². The number of hydrogen-bond acceptors (Lipinski definition) is 4. The molecular weight excluding hydrogens is 316 g/mol. The summed E-state index contributed by atoms with van der Waals surface area (Å²) in [5.74, 6) is 0. The SMILES string of the molecule is CNS(=O)(=O)c1cccc(CNC(=O)NCc2cccnc2)c1. The monoisotopic (exact) mass is 334 g/mol. The third-order valence-electron chi connectivity index (χ3n) is 3.11. The fraction of sp³-hybridized carbons (Fsp3) is 0.200. The van der Waals surface area contributed by atoms with E-state index in [1.54, 1.807) is 30.6 Å². The first-order valence-corrected chi connectivity index (χ1v) is 8.42. The molecule has 8 heteroatoms. The van der Waals surface area contributed by atoms with Crippen LogP contribution in [0.3, 0.4) is 0 Å². The van der Waals surface area contributed by atoms with Crippen LogP contribution in [-0.4, -0.2) is 26.5 Å². The molecule has 0 aliphatic heterocycles. The molecule has 0 unspecified atom stereocenters. The van der Waals surface area contributed by atoms with Gasteiger partial charge in [-0.05, 0) is 36.4 Å². The highest BCUT2D eigenvalue weighted by Gasteiger charge is 2.11. The van der Waals surface area contributed by atoms with Crippen molar-refractivity contribution >= 4 is 16.1 Å². The van der Waals surface area contributed by atoms with Gasteiger partial charge < -0.3 is 10.6 Å². The van der Waals surface area contributed by atoms with E-state index >= 15 is 0 Å². The van der Waals surface area contributed by atoms with Crippen LogP contribution in [-0.2, 0) is 23.1 Å². The van der Waals surface area contributed by atoms with Gasteiger partial charge in [-0.3, -0.25) is 4.98 Å². The number of hydrogen-bond donors (Lipinski definition) is 3. The van der Waals surface area contributed by atoms with Crippen molar-refractivity contribution < 1.29 is 13.2 Å². The number of sulfonamides is 1. The Morgan fingerprint density at radius 2 is 1.78 bits per heavy atom. The van der Waals surface area contributed by atoms with E-state index in [1.165, 1.54) is 19.2 Å². The zero-order valence-corrected chi connectivity index (χ0v) is 13.4. The van der Waals surface area contributed by atoms with E-state index in [-0.39, 0.29) is 17.5 Å². The molecule has 2 rings (SSSR count). The summed E-state index contributed by atoms with van der Waals surface area (Å²) in [7, 11) is -2.14. The molecule has 0 bridgehead atoms. The molecule has 23 heavy (non-hydrogen) atoms. The minimum absolute atomic E-state index is 0.162. The first-order valence-electron chi connectivity index (χ1n) is 6.94. The maximum absolute atomic E-state index is 11.8. The number of carbonyl (C=O) groups is 1. The Kier molecular flexibility index (Phi) is 5.67. The molecule has 0 radical (unpaired) electrons. The maximum Gasteiger partial charge on any atom is 0.315 e. The first kappa shape index (κ1) is 16.9. The molecule has 0 saturated carbocycles. The smallest absolute Gasteiger partial charge is 0.315 e. The Hall–Kier alpha value is -2.45. The highest BCUT2D eigenvalue weighted by Crippen LogP contribution is 2.10. The summed E-state index contributed by atoms with van der Waals surface area (Å²) in [6, 6.07) is 9.72. The van der Waals surface area contributed by atoms with E-state index in [0.29, 0.717) is 12.1 Å². The third kappa shape index (κ3) is 5.04. The van der Waals surface area contributed by atoms with Gasteiger partial charge in [0.25, 0.3) is 0 Å². The van der Waals surface area contributed by atoms with Crippen LogP contribution in [0.25, 0.3) is 0 Å². The van der Waals surface area contributed by atoms with Gasteiger partial charge in [0.05, 0.1) is 4.90 Å². The molecule has 1 aromatic heterocycles. The van der Waals surface area contributed by atoms with E-state index in [0.717, 1.165) is 5.56 Å². The number of nitrogens with one attached hydrogen (secondary N) is 3. The molecule has 0 spiro atoms. The second kappa shape index (κ2) is 7.70. The van der Waals surface area contributed by atoms with E-state index < -0.39 is 10.0 Å². The molecule has 1 heterocycles. The highest BCUT2D eigenvalue weighted by molar-refractivity contribution is 7.89. The predicted molar refractivity (Wildman–Crippen MR) is 86.0 cm³/mol. The zero-order valence-electron chi connectivity index (χ0n) is 12.6. The van der Waals surface area contributed by atoms with E-state index in [9.17, 15) is 13.2 Å². The fourth-order valence-electron chi connectivity index (χ4n) is 1.87. The Bertz CT molecular complexity index is 763. The minimum Gasteiger partial charge on any atom is -0.334 e. The third-order valence-corrected chi connectivity index (χ3v) is 4.52. The Balaban J connectivity index is 1.88. The molecule has 1 aromatic carbocycles. The number of pyridine rings is 1. The fourth-order valence-corrected chi connectivity index (χ4v) is 2.67. The van der Waals surface area contributed by atoms with Crippen LogP contribution in [0.1, 0.15) is 11.1 Å². The largest absolute Gasteiger partial charge is 0.334 e. The van der Waals surface area contributed by atoms with Crippen molar-refractivity contribution in [3.63, 3.8) is 0 Å². The zero-order chi connectivity index (χ0) is 16.7. The summed E-state index contributed by atoms with van der Waals surface area (Å²) < 4.78 is 25.7. The summed E-state index contributed by atoms with van der Waals surface area (Å²) in [5, 5.41) is 5.38. The van der Waals surface area contributed by atoms with Crippen LogP contribution < -0.4 is 15.4 Å². The van der Waals surface area contributed by atoms with Crippen LogP contribution in [0, 0.1) is 0 Å². The van der Waals surface area contributed by atoms with Gasteiger partial charge in [0.2, 0.25) is 10.0 Å². The predicted octanol–water partition coefficient (Wildman–Crippen LogP) is 0.989. The number of rotatable bonds is 6. The lowest BCUT2D eigenvalue weighted by Crippen LogP contribution is -2.34. The molecule has 2 amide bonds. The van der Waals surface area contributed by atoms with Crippen molar-refractivity contribution in [1.29, 1.82) is 0 Å². The normalized spacial score (nSPS) is 11.0. The number of urea groups is 1. The molecule has 0 saturated heterocycles. The molecular formula is C15H18N4O3S. The summed E-state index contributed by atoms with van der Waals surface area (Å²) in [6.07, 6.45) is 3.34. The molecule has 0 fully saturated rings. The average molecular weight is 334 g/mol. The van der Waals surface area contributed by atoms with Gasteiger partial charge in [-0.25, -0.2) is 17.9 Å². The van der Waals surface area contributed by atoms with Gasteiger partial charge in [0.15, 0.2) is 0 Å². The second-order valence-corrected chi connectivity index (χ2v) is 6.64. The summed E-state index contributed by atoms with van der Waals surface area (Å²) in [6.45, 7) is 0.597. The number of nitrogens with zero attached hydrogens (tertiary/aromatic N) is 1. The number of aromatic nitrogens is 1. The number of amides is 2. The molecule has 0 atom stereocenters. The van der Waals surface area contributed by atoms with Crippen molar-refractivity contribution in [3.05, 3.63) is 59.9 Å². The summed E-state index contributed by atoms with van der Waals surface area (Å²) >= 11 is 0. The van der Waals surface area contributed by atoms with Gasteiger partial charge in [0.1, 0.15) is 0 Å². The molecule has 7 nitrogen and oxygen atoms in total. The Labute approximate surface area is 135 Å². The van der Waals surface area contributed by atoms with Crippen LogP contribution in [0.5, 0.6) is 0 Å². The standard InChI is InChI=1S/C15H18N4O3S/c1-16-23(21,22)14-6-2-4-12(8-14)10-18-15(20)19-11-13-5-3-7-17-9-13/h2-9,16H,10-11H2,1H3,(H2,18,19,20). The van der Waals surface area contributed by atoms with Gasteiger partial charge in [-0.2, -0.15) is 0 Å². The maximum atomic E-state index is 11.8. The first-order chi connectivity index (χ1) is 11.0. The molecule has 3 N–H and O–H groups in total. The van der Waals surface area contributed by atoms with Crippen molar-refractivity contribution in [3.8, 4) is 0 Å². The molecule has 2 aromatic rings. The lowest BCUT2D eigenvalue weighted by atomic mass is 10.2. The van der Waals surface area contributed by atoms with Crippen molar-refractivity contribution in [2.75, 3.05) is 7.05 Å². The lowest BCUT2D eigenvalue weighted by Gasteiger charge is -2.09. The Morgan fingerprint density at radius 1 is 1.09 bits per heavy atom. The van der Waals surface area contributed by atoms with Crippen molar-refractivity contribution in [2.45, 2.75) is 18.0 Å². The van der Waals surface area contributed by atoms with Crippen LogP contribution in [0.2, 0.25) is 0 Å². The molecule has 0 aliphatic rings. The number of carbonyl (C=O) groups excluding carboxylic acids is 1.